The van der Waals surface area contributed by atoms with Gasteiger partial charge in [-0.2, -0.15) is 9.50 Å². The van der Waals surface area contributed by atoms with Crippen LogP contribution >= 0.6 is 11.3 Å². The van der Waals surface area contributed by atoms with Crippen LogP contribution in [0.4, 0.5) is 20.4 Å². The molecule has 1 atom stereocenters. The smallest absolute Gasteiger partial charge is 0.309 e. The van der Waals surface area contributed by atoms with Crippen LogP contribution in [-0.4, -0.2) is 73.7 Å². The highest BCUT2D eigenvalue weighted by Gasteiger charge is 2.29. The number of furan rings is 1. The molecule has 0 radical (unpaired) electrons. The van der Waals surface area contributed by atoms with Gasteiger partial charge in [0.05, 0.1) is 12.0 Å². The Bertz CT molecular complexity index is 1860. The highest BCUT2D eigenvalue weighted by atomic mass is 32.1. The number of hydrogen-bond donors (Lipinski definition) is 1. The Hall–Kier alpha value is -4.37. The van der Waals surface area contributed by atoms with Gasteiger partial charge in [-0.25, -0.2) is 13.8 Å². The van der Waals surface area contributed by atoms with Crippen molar-refractivity contribution in [3.8, 4) is 17.3 Å². The van der Waals surface area contributed by atoms with Crippen LogP contribution in [0.2, 0.25) is 0 Å². The molecule has 1 aliphatic carbocycles. The summed E-state index contributed by atoms with van der Waals surface area (Å²) < 4.78 is 43.8. The fourth-order valence-electron chi connectivity index (χ4n) is 5.50. The van der Waals surface area contributed by atoms with Crippen LogP contribution in [0.15, 0.2) is 39.7 Å². The average molecular weight is 597 g/mol. The van der Waals surface area contributed by atoms with Crippen molar-refractivity contribution in [1.82, 2.24) is 29.0 Å². The number of thiazole rings is 1. The molecule has 0 spiro atoms. The van der Waals surface area contributed by atoms with E-state index in [9.17, 15) is 18.4 Å². The van der Waals surface area contributed by atoms with Crippen LogP contribution in [0.25, 0.3) is 27.6 Å². The SMILES string of the molecule is Nc1nc2c(sc(=O)n2CCN2CCN(c3cc(O[C@@H]4CCCC4=O)c(F)cc3F)CC2)c2nc(-c3ccco3)nn12. The maximum absolute atomic E-state index is 14.8. The molecule has 2 aliphatic rings. The molecule has 12 nitrogen and oxygen atoms in total. The second-order valence-corrected chi connectivity index (χ2v) is 11.3. The number of nitrogen functional groups attached to an aromatic ring is 1. The minimum Gasteiger partial charge on any atom is -0.480 e. The fraction of sp³-hybridized carbons (Fsp3) is 0.370. The van der Waals surface area contributed by atoms with Crippen molar-refractivity contribution in [2.24, 2.45) is 0 Å². The molecule has 1 aromatic carbocycles. The minimum atomic E-state index is -0.821. The topological polar surface area (TPSA) is 137 Å². The van der Waals surface area contributed by atoms with E-state index in [-0.39, 0.29) is 28.0 Å². The van der Waals surface area contributed by atoms with Crippen LogP contribution in [0.3, 0.4) is 0 Å². The number of benzene rings is 1. The van der Waals surface area contributed by atoms with Crippen molar-refractivity contribution in [1.29, 1.82) is 0 Å². The summed E-state index contributed by atoms with van der Waals surface area (Å²) in [6.45, 7) is 3.11. The molecular weight excluding hydrogens is 570 g/mol. The van der Waals surface area contributed by atoms with Crippen LogP contribution in [0.5, 0.6) is 5.75 Å². The van der Waals surface area contributed by atoms with Gasteiger partial charge in [-0.1, -0.05) is 11.3 Å². The van der Waals surface area contributed by atoms with E-state index < -0.39 is 17.7 Å². The largest absolute Gasteiger partial charge is 0.480 e. The van der Waals surface area contributed by atoms with Crippen molar-refractivity contribution in [2.75, 3.05) is 43.4 Å². The Morgan fingerprint density at radius 3 is 2.64 bits per heavy atom. The number of ether oxygens (including phenoxy) is 1. The predicted molar refractivity (Wildman–Crippen MR) is 151 cm³/mol. The molecule has 0 amide bonds. The Kier molecular flexibility index (Phi) is 6.61. The number of piperazine rings is 1. The fourth-order valence-corrected chi connectivity index (χ4v) is 6.44. The summed E-state index contributed by atoms with van der Waals surface area (Å²) in [5, 5.41) is 4.38. The van der Waals surface area contributed by atoms with E-state index in [1.54, 1.807) is 16.7 Å². The molecule has 4 aromatic heterocycles. The zero-order chi connectivity index (χ0) is 29.0. The quantitative estimate of drug-likeness (QED) is 0.299. The molecule has 5 heterocycles. The zero-order valence-electron chi connectivity index (χ0n) is 22.3. The minimum absolute atomic E-state index is 0.0613. The second kappa shape index (κ2) is 10.5. The molecule has 5 aromatic rings. The van der Waals surface area contributed by atoms with Gasteiger partial charge in [0.2, 0.25) is 11.8 Å². The Labute approximate surface area is 240 Å². The number of hydrogen-bond acceptors (Lipinski definition) is 11. The van der Waals surface area contributed by atoms with Crippen molar-refractivity contribution in [3.05, 3.63) is 51.8 Å². The molecule has 42 heavy (non-hydrogen) atoms. The first kappa shape index (κ1) is 26.5. The summed E-state index contributed by atoms with van der Waals surface area (Å²) >= 11 is 1.03. The number of Topliss-reactive ketones (excluding diaryl/α,β-unsaturated/α-hetero) is 1. The first-order valence-electron chi connectivity index (χ1n) is 13.6. The van der Waals surface area contributed by atoms with Crippen LogP contribution in [-0.2, 0) is 11.3 Å². The lowest BCUT2D eigenvalue weighted by molar-refractivity contribution is -0.123. The summed E-state index contributed by atoms with van der Waals surface area (Å²) in [7, 11) is 0. The molecule has 1 saturated carbocycles. The van der Waals surface area contributed by atoms with Gasteiger partial charge in [0.1, 0.15) is 10.5 Å². The molecule has 2 fully saturated rings. The second-order valence-electron chi connectivity index (χ2n) is 10.3. The molecule has 7 rings (SSSR count). The zero-order valence-corrected chi connectivity index (χ0v) is 23.1. The highest BCUT2D eigenvalue weighted by Crippen LogP contribution is 2.32. The summed E-state index contributed by atoms with van der Waals surface area (Å²) in [4.78, 5) is 37.7. The number of rotatable bonds is 7. The number of fused-ring (bicyclic) bond motifs is 3. The third-order valence-corrected chi connectivity index (χ3v) is 8.69. The third kappa shape index (κ3) is 4.67. The number of carbonyl (C=O) groups is 1. The van der Waals surface area contributed by atoms with Crippen LogP contribution in [0.1, 0.15) is 19.3 Å². The number of nitrogens with zero attached hydrogens (tertiary/aromatic N) is 7. The van der Waals surface area contributed by atoms with Gasteiger partial charge in [-0.15, -0.1) is 5.10 Å². The maximum Gasteiger partial charge on any atom is 0.309 e. The standard InChI is InChI=1S/C27H26F2N8O4S/c28-15-13-16(29)21(41-19-4-1-3-18(19)38)14-17(15)35-9-6-34(7-10-35)8-11-36-24-22(42-27(36)39)25-31-23(20-5-2-12-40-20)33-37(25)26(30)32-24/h2,5,12-14,19H,1,3-4,6-11H2,(H2,30,32)/t19-/m1/s1. The van der Waals surface area contributed by atoms with Gasteiger partial charge in [-0.3, -0.25) is 19.1 Å². The van der Waals surface area contributed by atoms with Crippen molar-refractivity contribution in [2.45, 2.75) is 31.9 Å². The van der Waals surface area contributed by atoms with Gasteiger partial charge in [0, 0.05) is 57.8 Å². The molecule has 0 bridgehead atoms. The lowest BCUT2D eigenvalue weighted by Crippen LogP contribution is -2.47. The first-order chi connectivity index (χ1) is 20.4. The Morgan fingerprint density at radius 2 is 1.90 bits per heavy atom. The lowest BCUT2D eigenvalue weighted by Gasteiger charge is -2.36. The number of ketones is 1. The van der Waals surface area contributed by atoms with Gasteiger partial charge < -0.3 is 19.8 Å². The van der Waals surface area contributed by atoms with Gasteiger partial charge in [0.15, 0.2) is 40.5 Å². The third-order valence-electron chi connectivity index (χ3n) is 7.73. The first-order valence-corrected chi connectivity index (χ1v) is 14.4. The number of anilines is 2. The normalized spacial score (nSPS) is 18.1. The van der Waals surface area contributed by atoms with Gasteiger partial charge in [-0.05, 0) is 25.0 Å². The number of carbonyl (C=O) groups excluding carboxylic acids is 1. The van der Waals surface area contributed by atoms with E-state index in [1.807, 2.05) is 4.90 Å². The highest BCUT2D eigenvalue weighted by molar-refractivity contribution is 7.17. The molecule has 0 unspecified atom stereocenters. The number of halogens is 2. The molecule has 218 valence electrons. The summed E-state index contributed by atoms with van der Waals surface area (Å²) in [6, 6.07) is 5.63. The number of nitrogens with two attached hydrogens (primary N) is 1. The average Bonchev–Trinajstić information content (AvgIpc) is 3.77. The van der Waals surface area contributed by atoms with Crippen molar-refractivity contribution in [3.63, 3.8) is 0 Å². The van der Waals surface area contributed by atoms with Crippen molar-refractivity contribution < 1.29 is 22.7 Å². The van der Waals surface area contributed by atoms with E-state index in [0.717, 1.165) is 17.4 Å². The Balaban J connectivity index is 1.05. The summed E-state index contributed by atoms with van der Waals surface area (Å²) in [6.07, 6.45) is 2.49. The summed E-state index contributed by atoms with van der Waals surface area (Å²) in [5.74, 6) is -0.750. The molecule has 2 N–H and O–H groups in total. The van der Waals surface area contributed by atoms with Crippen molar-refractivity contribution >= 4 is 44.8 Å². The van der Waals surface area contributed by atoms with Crippen LogP contribution in [0, 0.1) is 11.6 Å². The maximum atomic E-state index is 14.8. The number of aromatic nitrogens is 5. The van der Waals surface area contributed by atoms with E-state index in [2.05, 4.69) is 20.0 Å². The van der Waals surface area contributed by atoms with Gasteiger partial charge in [0.25, 0.3) is 0 Å². The monoisotopic (exact) mass is 596 g/mol. The molecule has 1 aliphatic heterocycles. The molecule has 1 saturated heterocycles. The lowest BCUT2D eigenvalue weighted by atomic mass is 10.2. The molecular formula is C27H26F2N8O4S. The predicted octanol–water partition coefficient (Wildman–Crippen LogP) is 2.94. The van der Waals surface area contributed by atoms with Crippen LogP contribution < -0.4 is 20.2 Å². The van der Waals surface area contributed by atoms with E-state index in [0.29, 0.717) is 86.1 Å². The van der Waals surface area contributed by atoms with E-state index >= 15 is 0 Å². The summed E-state index contributed by atoms with van der Waals surface area (Å²) in [5.41, 5.74) is 7.28. The Morgan fingerprint density at radius 1 is 1.07 bits per heavy atom. The molecule has 15 heteroatoms. The van der Waals surface area contributed by atoms with Gasteiger partial charge >= 0.3 is 4.87 Å². The van der Waals surface area contributed by atoms with E-state index in [1.165, 1.54) is 16.8 Å². The van der Waals surface area contributed by atoms with E-state index in [4.69, 9.17) is 14.9 Å².